The quantitative estimate of drug-likeness (QED) is 0.493. The largest absolute Gasteiger partial charge is 0.425 e. The molecule has 3 aromatic rings. The van der Waals surface area contributed by atoms with Crippen LogP contribution in [0.1, 0.15) is 28.8 Å². The zero-order valence-corrected chi connectivity index (χ0v) is 16.7. The summed E-state index contributed by atoms with van der Waals surface area (Å²) < 4.78 is 6.47. The fourth-order valence-corrected chi connectivity index (χ4v) is 4.21. The minimum atomic E-state index is -0.430. The topological polar surface area (TPSA) is 80.3 Å². The van der Waals surface area contributed by atoms with Gasteiger partial charge in [0, 0.05) is 5.02 Å². The molecule has 4 rings (SSSR count). The number of rotatable bonds is 4. The van der Waals surface area contributed by atoms with E-state index in [1.165, 1.54) is 23.5 Å². The van der Waals surface area contributed by atoms with E-state index in [-0.39, 0.29) is 17.4 Å². The molecule has 1 aromatic heterocycles. The number of hydrogen-bond acceptors (Lipinski definition) is 6. The maximum Gasteiger partial charge on any atom is 0.328 e. The first-order chi connectivity index (χ1) is 13.5. The maximum absolute atomic E-state index is 12.8. The minimum absolute atomic E-state index is 0.178. The Hall–Kier alpha value is -2.48. The first-order valence-electron chi connectivity index (χ1n) is 8.93. The molecule has 8 heteroatoms. The molecule has 0 saturated carbocycles. The van der Waals surface area contributed by atoms with Crippen molar-refractivity contribution < 1.29 is 14.3 Å². The van der Waals surface area contributed by atoms with E-state index in [1.807, 2.05) is 25.1 Å². The van der Waals surface area contributed by atoms with Crippen LogP contribution in [0.5, 0.6) is 5.75 Å². The van der Waals surface area contributed by atoms with Crippen molar-refractivity contribution in [1.29, 1.82) is 0 Å². The molecule has 6 nitrogen and oxygen atoms in total. The molecule has 1 unspecified atom stereocenters. The van der Waals surface area contributed by atoms with Crippen molar-refractivity contribution in [2.24, 2.45) is 0 Å². The van der Waals surface area contributed by atoms with Gasteiger partial charge in [0.25, 0.3) is 5.91 Å². The van der Waals surface area contributed by atoms with Crippen molar-refractivity contribution in [2.75, 3.05) is 11.9 Å². The second-order valence-corrected chi connectivity index (χ2v) is 8.12. The molecule has 1 saturated heterocycles. The smallest absolute Gasteiger partial charge is 0.328 e. The van der Waals surface area contributed by atoms with Crippen LogP contribution in [0.4, 0.5) is 5.13 Å². The molecule has 2 heterocycles. The first-order valence-corrected chi connectivity index (χ1v) is 10.1. The maximum atomic E-state index is 12.8. The molecule has 1 fully saturated rings. The third kappa shape index (κ3) is 4.01. The molecule has 1 aliphatic rings. The van der Waals surface area contributed by atoms with Gasteiger partial charge in [0.05, 0.1) is 15.8 Å². The fourth-order valence-electron chi connectivity index (χ4n) is 3.08. The molecule has 0 aliphatic carbocycles. The van der Waals surface area contributed by atoms with Gasteiger partial charge in [0.15, 0.2) is 5.13 Å². The number of hydrogen-bond donors (Lipinski definition) is 2. The number of nitrogens with one attached hydrogen (secondary N) is 2. The van der Waals surface area contributed by atoms with Crippen molar-refractivity contribution in [3.8, 4) is 5.75 Å². The van der Waals surface area contributed by atoms with Gasteiger partial charge in [-0.1, -0.05) is 29.0 Å². The lowest BCUT2D eigenvalue weighted by atomic mass is 10.2. The zero-order chi connectivity index (χ0) is 19.7. The molecule has 0 radical (unpaired) electrons. The summed E-state index contributed by atoms with van der Waals surface area (Å²) in [6.07, 6.45) is 1.64. The second-order valence-electron chi connectivity index (χ2n) is 6.65. The number of aromatic nitrogens is 1. The number of carbonyl (C=O) groups is 2. The average molecular weight is 416 g/mol. The number of benzene rings is 2. The predicted octanol–water partition coefficient (Wildman–Crippen LogP) is 4.17. The Labute approximate surface area is 170 Å². The molecule has 1 atom stereocenters. The summed E-state index contributed by atoms with van der Waals surface area (Å²) in [5.74, 6) is -0.651. The van der Waals surface area contributed by atoms with Crippen LogP contribution < -0.4 is 15.4 Å². The van der Waals surface area contributed by atoms with Gasteiger partial charge in [-0.25, -0.2) is 9.78 Å². The third-order valence-corrected chi connectivity index (χ3v) is 5.67. The number of anilines is 1. The molecule has 1 aliphatic heterocycles. The van der Waals surface area contributed by atoms with E-state index in [4.69, 9.17) is 16.3 Å². The molecule has 0 bridgehead atoms. The van der Waals surface area contributed by atoms with Crippen LogP contribution in [0.3, 0.4) is 0 Å². The number of esters is 1. The Balaban J connectivity index is 1.57. The van der Waals surface area contributed by atoms with Crippen LogP contribution in [-0.2, 0) is 4.79 Å². The first kappa shape index (κ1) is 18.9. The highest BCUT2D eigenvalue weighted by Gasteiger charge is 2.26. The number of halogens is 1. The van der Waals surface area contributed by atoms with Crippen molar-refractivity contribution in [2.45, 2.75) is 25.8 Å². The zero-order valence-electron chi connectivity index (χ0n) is 15.1. The second kappa shape index (κ2) is 7.87. The van der Waals surface area contributed by atoms with Gasteiger partial charge in [-0.2, -0.15) is 0 Å². The van der Waals surface area contributed by atoms with Crippen LogP contribution >= 0.6 is 22.9 Å². The SMILES string of the molecule is Cc1ccc2nc(NC(=O)c3cc(Cl)ccc3OC(=O)C3CCCN3)sc2c1. The lowest BCUT2D eigenvalue weighted by molar-refractivity contribution is -0.136. The van der Waals surface area contributed by atoms with Gasteiger partial charge in [0.1, 0.15) is 11.8 Å². The van der Waals surface area contributed by atoms with E-state index >= 15 is 0 Å². The molecule has 28 heavy (non-hydrogen) atoms. The molecular weight excluding hydrogens is 398 g/mol. The van der Waals surface area contributed by atoms with E-state index in [9.17, 15) is 9.59 Å². The number of nitrogens with zero attached hydrogens (tertiary/aromatic N) is 1. The monoisotopic (exact) mass is 415 g/mol. The minimum Gasteiger partial charge on any atom is -0.425 e. The number of thiazole rings is 1. The Kier molecular flexibility index (Phi) is 5.30. The van der Waals surface area contributed by atoms with Crippen molar-refractivity contribution in [3.05, 3.63) is 52.5 Å². The van der Waals surface area contributed by atoms with E-state index in [2.05, 4.69) is 15.6 Å². The Morgan fingerprint density at radius 1 is 1.29 bits per heavy atom. The van der Waals surface area contributed by atoms with E-state index in [1.54, 1.807) is 6.07 Å². The predicted molar refractivity (Wildman–Crippen MR) is 110 cm³/mol. The normalized spacial score (nSPS) is 16.3. The lowest BCUT2D eigenvalue weighted by Crippen LogP contribution is -2.34. The third-order valence-electron chi connectivity index (χ3n) is 4.51. The molecule has 144 valence electrons. The van der Waals surface area contributed by atoms with Crippen LogP contribution in [0.2, 0.25) is 5.02 Å². The average Bonchev–Trinajstić information content (AvgIpc) is 3.32. The van der Waals surface area contributed by atoms with Crippen molar-refractivity contribution >= 4 is 50.2 Å². The lowest BCUT2D eigenvalue weighted by Gasteiger charge is -2.13. The Bertz CT molecular complexity index is 1060. The van der Waals surface area contributed by atoms with E-state index in [0.717, 1.165) is 35.2 Å². The number of aryl methyl sites for hydroxylation is 1. The van der Waals surface area contributed by atoms with Gasteiger partial charge in [0.2, 0.25) is 0 Å². The highest BCUT2D eigenvalue weighted by atomic mass is 35.5. The van der Waals surface area contributed by atoms with Crippen LogP contribution in [0.25, 0.3) is 10.2 Å². The number of fused-ring (bicyclic) bond motifs is 1. The molecule has 0 spiro atoms. The molecule has 2 N–H and O–H groups in total. The fraction of sp³-hybridized carbons (Fsp3) is 0.250. The standard InChI is InChI=1S/C20H18ClN3O3S/c1-11-4-6-14-17(9-11)28-20(23-14)24-18(25)13-10-12(21)5-7-16(13)27-19(26)15-3-2-8-22-15/h4-7,9-10,15,22H,2-3,8H2,1H3,(H,23,24,25). The summed E-state index contributed by atoms with van der Waals surface area (Å²) in [6, 6.07) is 10.2. The van der Waals surface area contributed by atoms with Gasteiger partial charge in [-0.3, -0.25) is 10.1 Å². The van der Waals surface area contributed by atoms with Crippen molar-refractivity contribution in [3.63, 3.8) is 0 Å². The summed E-state index contributed by atoms with van der Waals surface area (Å²) in [6.45, 7) is 2.79. The number of amides is 1. The van der Waals surface area contributed by atoms with Crippen LogP contribution in [0, 0.1) is 6.92 Å². The summed E-state index contributed by atoms with van der Waals surface area (Å²) in [5, 5.41) is 6.72. The summed E-state index contributed by atoms with van der Waals surface area (Å²) in [5.41, 5.74) is 2.13. The number of carbonyl (C=O) groups excluding carboxylic acids is 2. The van der Waals surface area contributed by atoms with Crippen LogP contribution in [-0.4, -0.2) is 29.4 Å². The highest BCUT2D eigenvalue weighted by Crippen LogP contribution is 2.29. The summed E-state index contributed by atoms with van der Waals surface area (Å²) in [7, 11) is 0. The van der Waals surface area contributed by atoms with E-state index in [0.29, 0.717) is 10.2 Å². The Morgan fingerprint density at radius 2 is 2.14 bits per heavy atom. The van der Waals surface area contributed by atoms with Gasteiger partial charge < -0.3 is 10.1 Å². The summed E-state index contributed by atoms with van der Waals surface area (Å²) in [4.78, 5) is 29.6. The van der Waals surface area contributed by atoms with Gasteiger partial charge in [-0.15, -0.1) is 0 Å². The summed E-state index contributed by atoms with van der Waals surface area (Å²) >= 11 is 7.45. The van der Waals surface area contributed by atoms with Crippen molar-refractivity contribution in [1.82, 2.24) is 10.3 Å². The number of ether oxygens (including phenoxy) is 1. The van der Waals surface area contributed by atoms with Gasteiger partial charge >= 0.3 is 5.97 Å². The molecule has 2 aromatic carbocycles. The van der Waals surface area contributed by atoms with E-state index < -0.39 is 11.9 Å². The van der Waals surface area contributed by atoms with Gasteiger partial charge in [-0.05, 0) is 62.2 Å². The highest BCUT2D eigenvalue weighted by molar-refractivity contribution is 7.22. The Morgan fingerprint density at radius 3 is 2.93 bits per heavy atom. The molecular formula is C20H18ClN3O3S. The van der Waals surface area contributed by atoms with Crippen LogP contribution in [0.15, 0.2) is 36.4 Å². The molecule has 1 amide bonds.